The van der Waals surface area contributed by atoms with Gasteiger partial charge in [-0.3, -0.25) is 4.79 Å². The summed E-state index contributed by atoms with van der Waals surface area (Å²) in [6, 6.07) is 5.09. The van der Waals surface area contributed by atoms with Gasteiger partial charge < -0.3 is 14.9 Å². The monoisotopic (exact) mass is 380 g/mol. The average molecular weight is 382 g/mol. The Morgan fingerprint density at radius 3 is 2.65 bits per heavy atom. The van der Waals surface area contributed by atoms with Crippen LogP contribution < -0.4 is 0 Å². The topological polar surface area (TPSA) is 43.8 Å². The first-order valence-corrected chi connectivity index (χ1v) is 8.20. The maximum Gasteiger partial charge on any atom is 0.227 e. The summed E-state index contributed by atoms with van der Waals surface area (Å²) < 4.78 is 0. The number of hydrogen-bond acceptors (Lipinski definition) is 3. The molecule has 1 aliphatic rings. The number of halogens is 3. The van der Waals surface area contributed by atoms with Gasteiger partial charge >= 0.3 is 0 Å². The lowest BCUT2D eigenvalue weighted by Gasteiger charge is -2.40. The standard InChI is InChI=1S/C16H22Cl2N2O2.ClH/c1-19(2)10-14-15(21)4-3-7-20(14)16(22)9-11-5-6-12(17)13(18)8-11;/h5-6,8,14-15,21H,3-4,7,9-10H2,1-2H3;1H/t14-,15+;/m0./s1. The van der Waals surface area contributed by atoms with Gasteiger partial charge in [0.1, 0.15) is 0 Å². The summed E-state index contributed by atoms with van der Waals surface area (Å²) in [4.78, 5) is 16.4. The lowest BCUT2D eigenvalue weighted by Crippen LogP contribution is -2.55. The fourth-order valence-corrected chi connectivity index (χ4v) is 3.19. The third kappa shape index (κ3) is 5.50. The van der Waals surface area contributed by atoms with Gasteiger partial charge in [-0.1, -0.05) is 29.3 Å². The molecule has 2 atom stereocenters. The summed E-state index contributed by atoms with van der Waals surface area (Å²) in [7, 11) is 3.89. The number of likely N-dealkylation sites (N-methyl/N-ethyl adjacent to an activating group) is 1. The van der Waals surface area contributed by atoms with Gasteiger partial charge in [0, 0.05) is 13.1 Å². The van der Waals surface area contributed by atoms with E-state index >= 15 is 0 Å². The molecule has 1 aromatic carbocycles. The van der Waals surface area contributed by atoms with Gasteiger partial charge in [0.05, 0.1) is 28.6 Å². The van der Waals surface area contributed by atoms with Crippen LogP contribution in [0.1, 0.15) is 18.4 Å². The van der Waals surface area contributed by atoms with Crippen LogP contribution in [0.25, 0.3) is 0 Å². The summed E-state index contributed by atoms with van der Waals surface area (Å²) in [6.45, 7) is 1.35. The lowest BCUT2D eigenvalue weighted by atomic mass is 9.97. The van der Waals surface area contributed by atoms with Crippen molar-refractivity contribution in [1.82, 2.24) is 9.80 Å². The van der Waals surface area contributed by atoms with Crippen LogP contribution in [-0.4, -0.2) is 60.1 Å². The summed E-state index contributed by atoms with van der Waals surface area (Å²) in [5.74, 6) is 0.0176. The lowest BCUT2D eigenvalue weighted by molar-refractivity contribution is -0.138. The van der Waals surface area contributed by atoms with E-state index in [1.165, 1.54) is 0 Å². The number of rotatable bonds is 4. The molecule has 4 nitrogen and oxygen atoms in total. The Morgan fingerprint density at radius 2 is 2.04 bits per heavy atom. The first-order chi connectivity index (χ1) is 10.4. The molecule has 130 valence electrons. The van der Waals surface area contributed by atoms with Gasteiger partial charge in [0.25, 0.3) is 0 Å². The van der Waals surface area contributed by atoms with Crippen LogP contribution in [0.2, 0.25) is 10.0 Å². The Bertz CT molecular complexity index is 540. The van der Waals surface area contributed by atoms with Crippen molar-refractivity contribution in [3.8, 4) is 0 Å². The van der Waals surface area contributed by atoms with Crippen LogP contribution in [0.5, 0.6) is 0 Å². The van der Waals surface area contributed by atoms with Crippen molar-refractivity contribution in [3.63, 3.8) is 0 Å². The molecule has 1 aliphatic heterocycles. The molecular formula is C16H23Cl3N2O2. The molecule has 1 aromatic rings. The molecule has 0 aromatic heterocycles. The van der Waals surface area contributed by atoms with Crippen LogP contribution in [0.3, 0.4) is 0 Å². The zero-order chi connectivity index (χ0) is 16.3. The summed E-state index contributed by atoms with van der Waals surface area (Å²) >= 11 is 11.9. The quantitative estimate of drug-likeness (QED) is 0.872. The smallest absolute Gasteiger partial charge is 0.227 e. The number of amides is 1. The molecule has 1 amide bonds. The number of carbonyl (C=O) groups excluding carboxylic acids is 1. The number of piperidine rings is 1. The Labute approximate surface area is 153 Å². The Balaban J connectivity index is 0.00000264. The van der Waals surface area contributed by atoms with Gasteiger partial charge in [0.2, 0.25) is 5.91 Å². The van der Waals surface area contributed by atoms with Crippen LogP contribution in [0.15, 0.2) is 18.2 Å². The maximum atomic E-state index is 12.6. The zero-order valence-corrected chi connectivity index (χ0v) is 15.7. The molecule has 1 heterocycles. The van der Waals surface area contributed by atoms with Crippen molar-refractivity contribution in [2.24, 2.45) is 0 Å². The highest BCUT2D eigenvalue weighted by Gasteiger charge is 2.33. The molecular weight excluding hydrogens is 359 g/mol. The molecule has 0 radical (unpaired) electrons. The SMILES string of the molecule is CN(C)C[C@H]1[C@H](O)CCCN1C(=O)Cc1ccc(Cl)c(Cl)c1.Cl. The van der Waals surface area contributed by atoms with E-state index in [0.29, 0.717) is 23.1 Å². The van der Waals surface area contributed by atoms with Gasteiger partial charge in [-0.2, -0.15) is 0 Å². The molecule has 0 bridgehead atoms. The largest absolute Gasteiger partial charge is 0.391 e. The van der Waals surface area contributed by atoms with E-state index in [4.69, 9.17) is 23.2 Å². The maximum absolute atomic E-state index is 12.6. The van der Waals surface area contributed by atoms with E-state index in [-0.39, 0.29) is 30.8 Å². The fourth-order valence-electron chi connectivity index (χ4n) is 2.87. The highest BCUT2D eigenvalue weighted by molar-refractivity contribution is 6.42. The highest BCUT2D eigenvalue weighted by atomic mass is 35.5. The molecule has 7 heteroatoms. The van der Waals surface area contributed by atoms with E-state index in [2.05, 4.69) is 0 Å². The van der Waals surface area contributed by atoms with Gasteiger partial charge in [0.15, 0.2) is 0 Å². The number of aliphatic hydroxyl groups excluding tert-OH is 1. The van der Waals surface area contributed by atoms with Crippen LogP contribution >= 0.6 is 35.6 Å². The molecule has 2 rings (SSSR count). The van der Waals surface area contributed by atoms with Gasteiger partial charge in [-0.15, -0.1) is 12.4 Å². The molecule has 1 fully saturated rings. The van der Waals surface area contributed by atoms with Crippen LogP contribution in [-0.2, 0) is 11.2 Å². The van der Waals surface area contributed by atoms with Crippen molar-refractivity contribution >= 4 is 41.5 Å². The molecule has 0 aliphatic carbocycles. The highest BCUT2D eigenvalue weighted by Crippen LogP contribution is 2.24. The third-order valence-electron chi connectivity index (χ3n) is 3.96. The zero-order valence-electron chi connectivity index (χ0n) is 13.3. The second-order valence-electron chi connectivity index (χ2n) is 6.05. The Kier molecular flexibility index (Phi) is 8.11. The number of nitrogens with zero attached hydrogens (tertiary/aromatic N) is 2. The van der Waals surface area contributed by atoms with Crippen molar-refractivity contribution in [2.45, 2.75) is 31.4 Å². The number of likely N-dealkylation sites (tertiary alicyclic amines) is 1. The molecule has 0 saturated carbocycles. The number of aliphatic hydroxyl groups is 1. The number of carbonyl (C=O) groups is 1. The van der Waals surface area contributed by atoms with Crippen molar-refractivity contribution in [3.05, 3.63) is 33.8 Å². The van der Waals surface area contributed by atoms with Crippen molar-refractivity contribution in [2.75, 3.05) is 27.2 Å². The second-order valence-corrected chi connectivity index (χ2v) is 6.87. The van der Waals surface area contributed by atoms with Crippen molar-refractivity contribution in [1.29, 1.82) is 0 Å². The first-order valence-electron chi connectivity index (χ1n) is 7.44. The van der Waals surface area contributed by atoms with E-state index < -0.39 is 6.10 Å². The minimum absolute atomic E-state index is 0. The molecule has 1 saturated heterocycles. The summed E-state index contributed by atoms with van der Waals surface area (Å²) in [5, 5.41) is 11.2. The van der Waals surface area contributed by atoms with Gasteiger partial charge in [-0.25, -0.2) is 0 Å². The molecule has 23 heavy (non-hydrogen) atoms. The minimum Gasteiger partial charge on any atom is -0.391 e. The minimum atomic E-state index is -0.464. The fraction of sp³-hybridized carbons (Fsp3) is 0.562. The Morgan fingerprint density at radius 1 is 1.35 bits per heavy atom. The van der Waals surface area contributed by atoms with E-state index in [9.17, 15) is 9.90 Å². The van der Waals surface area contributed by atoms with E-state index in [1.54, 1.807) is 17.0 Å². The first kappa shape index (κ1) is 20.5. The average Bonchev–Trinajstić information content (AvgIpc) is 2.44. The van der Waals surface area contributed by atoms with Crippen LogP contribution in [0, 0.1) is 0 Å². The number of benzene rings is 1. The Hall–Kier alpha value is -0.520. The molecule has 0 unspecified atom stereocenters. The number of hydrogen-bond donors (Lipinski definition) is 1. The predicted molar refractivity (Wildman–Crippen MR) is 96.7 cm³/mol. The van der Waals surface area contributed by atoms with Crippen LogP contribution in [0.4, 0.5) is 0 Å². The predicted octanol–water partition coefficient (Wildman–Crippen LogP) is 2.87. The van der Waals surface area contributed by atoms with Crippen molar-refractivity contribution < 1.29 is 9.90 Å². The normalized spacial score (nSPS) is 21.2. The second kappa shape index (κ2) is 9.09. The summed E-state index contributed by atoms with van der Waals surface area (Å²) in [6.07, 6.45) is 1.38. The van der Waals surface area contributed by atoms with E-state index in [1.807, 2.05) is 25.1 Å². The molecule has 1 N–H and O–H groups in total. The van der Waals surface area contributed by atoms with Gasteiger partial charge in [-0.05, 0) is 44.6 Å². The summed E-state index contributed by atoms with van der Waals surface area (Å²) in [5.41, 5.74) is 0.836. The molecule has 0 spiro atoms. The van der Waals surface area contributed by atoms with E-state index in [0.717, 1.165) is 18.4 Å². The third-order valence-corrected chi connectivity index (χ3v) is 4.69.